The minimum atomic E-state index is -0.491. The van der Waals surface area contributed by atoms with Gasteiger partial charge in [0.05, 0.1) is 23.9 Å². The number of hydrogen-bond acceptors (Lipinski definition) is 7. The van der Waals surface area contributed by atoms with Crippen LogP contribution >= 0.6 is 11.8 Å². The Morgan fingerprint density at radius 1 is 1.16 bits per heavy atom. The van der Waals surface area contributed by atoms with Crippen molar-refractivity contribution in [1.82, 2.24) is 9.97 Å². The van der Waals surface area contributed by atoms with Crippen molar-refractivity contribution in [3.8, 4) is 28.7 Å². The molecule has 8 nitrogen and oxygen atoms in total. The molecule has 9 heteroatoms. The number of fused-ring (bicyclic) bond motifs is 2. The average Bonchev–Trinajstić information content (AvgIpc) is 3.08. The van der Waals surface area contributed by atoms with E-state index >= 15 is 0 Å². The molecule has 1 aliphatic rings. The summed E-state index contributed by atoms with van der Waals surface area (Å²) in [5.74, 6) is 0.293. The summed E-state index contributed by atoms with van der Waals surface area (Å²) in [5.41, 5.74) is 5.09. The highest BCUT2D eigenvalue weighted by atomic mass is 32.2. The molecule has 0 bridgehead atoms. The maximum Gasteiger partial charge on any atom is 0.275 e. The summed E-state index contributed by atoms with van der Waals surface area (Å²) in [5, 5.41) is 29.3. The molecule has 0 saturated carbocycles. The van der Waals surface area contributed by atoms with Crippen molar-refractivity contribution >= 4 is 34.4 Å². The number of nitrogens with one attached hydrogen (secondary N) is 1. The maximum atomic E-state index is 12.6. The second-order valence-electron chi connectivity index (χ2n) is 8.74. The molecule has 2 N–H and O–H groups in total. The highest BCUT2D eigenvalue weighted by Crippen LogP contribution is 2.38. The zero-order valence-electron chi connectivity index (χ0n) is 20.3. The standard InChI is InChI=1S/C28H25N5O3S/c1-36-18-13-11-17(12-14-18)25-19-7-3-2-4-9-22(19)31-28(21(25)15-29)37-16-24(34)32-33-27-26(35)20-8-5-6-10-23(20)30-27/h5-6,8,10-14,30,35H,2-4,7,9,16H2,1H3. The number of carbonyl (C=O) groups is 1. The number of carbonyl (C=O) groups excluding carboxylic acids is 1. The van der Waals surface area contributed by atoms with Crippen LogP contribution in [0.5, 0.6) is 11.5 Å². The SMILES string of the molecule is COc1ccc(-c2c(C#N)c(SCC(=O)N=Nc3[nH]c4ccccc4c3O)nc3c2CCCCC3)cc1. The third-order valence-electron chi connectivity index (χ3n) is 6.43. The van der Waals surface area contributed by atoms with E-state index in [1.165, 1.54) is 11.8 Å². The molecule has 5 rings (SSSR count). The average molecular weight is 512 g/mol. The van der Waals surface area contributed by atoms with Crippen molar-refractivity contribution in [2.24, 2.45) is 10.2 Å². The number of pyridine rings is 1. The van der Waals surface area contributed by atoms with E-state index in [1.807, 2.05) is 30.3 Å². The largest absolute Gasteiger partial charge is 0.504 e. The molecule has 0 radical (unpaired) electrons. The summed E-state index contributed by atoms with van der Waals surface area (Å²) < 4.78 is 5.31. The third-order valence-corrected chi connectivity index (χ3v) is 7.39. The van der Waals surface area contributed by atoms with Crippen LogP contribution in [-0.4, -0.2) is 33.8 Å². The van der Waals surface area contributed by atoms with Crippen molar-refractivity contribution in [3.05, 3.63) is 65.4 Å². The van der Waals surface area contributed by atoms with Gasteiger partial charge in [-0.3, -0.25) is 4.79 Å². The molecular weight excluding hydrogens is 486 g/mol. The number of rotatable bonds is 6. The Balaban J connectivity index is 1.43. The van der Waals surface area contributed by atoms with Gasteiger partial charge in [0.25, 0.3) is 5.91 Å². The first-order valence-corrected chi connectivity index (χ1v) is 13.0. The van der Waals surface area contributed by atoms with Crippen LogP contribution < -0.4 is 4.74 Å². The molecule has 0 spiro atoms. The van der Waals surface area contributed by atoms with Crippen LogP contribution in [0.3, 0.4) is 0 Å². The van der Waals surface area contributed by atoms with E-state index in [0.717, 1.165) is 60.2 Å². The van der Waals surface area contributed by atoms with Crippen molar-refractivity contribution in [3.63, 3.8) is 0 Å². The van der Waals surface area contributed by atoms with Crippen LogP contribution in [-0.2, 0) is 17.6 Å². The van der Waals surface area contributed by atoms with Crippen molar-refractivity contribution in [2.45, 2.75) is 37.1 Å². The number of aryl methyl sites for hydroxylation is 1. The lowest BCUT2D eigenvalue weighted by Crippen LogP contribution is -2.06. The van der Waals surface area contributed by atoms with Gasteiger partial charge in [-0.2, -0.15) is 5.26 Å². The number of amides is 1. The Labute approximate surface area is 218 Å². The molecule has 1 aliphatic carbocycles. The maximum absolute atomic E-state index is 12.6. The van der Waals surface area contributed by atoms with E-state index in [9.17, 15) is 15.2 Å². The number of methoxy groups -OCH3 is 1. The monoisotopic (exact) mass is 511 g/mol. The molecule has 0 unspecified atom stereocenters. The number of nitrogens with zero attached hydrogens (tertiary/aromatic N) is 4. The van der Waals surface area contributed by atoms with E-state index in [-0.39, 0.29) is 17.3 Å². The predicted octanol–water partition coefficient (Wildman–Crippen LogP) is 6.49. The molecule has 2 aromatic heterocycles. The molecule has 1 amide bonds. The second kappa shape index (κ2) is 10.8. The quantitative estimate of drug-likeness (QED) is 0.173. The summed E-state index contributed by atoms with van der Waals surface area (Å²) >= 11 is 1.19. The normalized spacial score (nSPS) is 13.3. The van der Waals surface area contributed by atoms with Crippen LogP contribution in [0.15, 0.2) is 63.8 Å². The van der Waals surface area contributed by atoms with Crippen LogP contribution in [0.25, 0.3) is 22.0 Å². The number of benzene rings is 2. The zero-order chi connectivity index (χ0) is 25.8. The van der Waals surface area contributed by atoms with E-state index in [0.29, 0.717) is 21.5 Å². The number of thioether (sulfide) groups is 1. The predicted molar refractivity (Wildman–Crippen MR) is 142 cm³/mol. The van der Waals surface area contributed by atoms with Gasteiger partial charge < -0.3 is 14.8 Å². The Bertz CT molecular complexity index is 1540. The molecule has 2 heterocycles. The third kappa shape index (κ3) is 5.06. The summed E-state index contributed by atoms with van der Waals surface area (Å²) in [6.07, 6.45) is 4.91. The number of para-hydroxylation sites is 1. The molecule has 0 aliphatic heterocycles. The number of H-pyrrole nitrogens is 1. The minimum absolute atomic E-state index is 0.0347. The zero-order valence-corrected chi connectivity index (χ0v) is 21.1. The molecule has 186 valence electrons. The van der Waals surface area contributed by atoms with Crippen LogP contribution in [0.2, 0.25) is 0 Å². The lowest BCUT2D eigenvalue weighted by Gasteiger charge is -2.17. The Hall–Kier alpha value is -4.16. The topological polar surface area (TPSA) is 124 Å². The summed E-state index contributed by atoms with van der Waals surface area (Å²) in [7, 11) is 1.62. The fraction of sp³-hybridized carbons (Fsp3) is 0.250. The van der Waals surface area contributed by atoms with E-state index < -0.39 is 5.91 Å². The Morgan fingerprint density at radius 2 is 1.95 bits per heavy atom. The van der Waals surface area contributed by atoms with E-state index in [2.05, 4.69) is 21.3 Å². The number of aromatic amines is 1. The highest BCUT2D eigenvalue weighted by molar-refractivity contribution is 8.00. The molecule has 0 saturated heterocycles. The first-order chi connectivity index (χ1) is 18.1. The molecular formula is C28H25N5O3S. The molecule has 37 heavy (non-hydrogen) atoms. The molecule has 0 fully saturated rings. The van der Waals surface area contributed by atoms with Crippen LogP contribution in [0.4, 0.5) is 5.82 Å². The summed E-state index contributed by atoms with van der Waals surface area (Å²) in [4.78, 5) is 20.4. The van der Waals surface area contributed by atoms with Crippen molar-refractivity contribution in [1.29, 1.82) is 5.26 Å². The first kappa shape index (κ1) is 24.5. The minimum Gasteiger partial charge on any atom is -0.504 e. The number of aromatic hydroxyl groups is 1. The van der Waals surface area contributed by atoms with E-state index in [4.69, 9.17) is 9.72 Å². The fourth-order valence-corrected chi connectivity index (χ4v) is 5.41. The van der Waals surface area contributed by atoms with Gasteiger partial charge in [-0.15, -0.1) is 10.2 Å². The van der Waals surface area contributed by atoms with Gasteiger partial charge in [0.15, 0.2) is 11.6 Å². The Kier molecular flexibility index (Phi) is 7.19. The van der Waals surface area contributed by atoms with Crippen LogP contribution in [0.1, 0.15) is 36.1 Å². The number of ether oxygens (including phenoxy) is 1. The van der Waals surface area contributed by atoms with Gasteiger partial charge in [-0.05, 0) is 61.1 Å². The van der Waals surface area contributed by atoms with E-state index in [1.54, 1.807) is 25.3 Å². The van der Waals surface area contributed by atoms with Gasteiger partial charge >= 0.3 is 0 Å². The van der Waals surface area contributed by atoms with Crippen molar-refractivity contribution < 1.29 is 14.6 Å². The fourth-order valence-electron chi connectivity index (χ4n) is 4.63. The molecule has 2 aromatic carbocycles. The van der Waals surface area contributed by atoms with Crippen molar-refractivity contribution in [2.75, 3.05) is 12.9 Å². The lowest BCUT2D eigenvalue weighted by molar-refractivity contribution is -0.115. The number of azo groups is 1. The van der Waals surface area contributed by atoms with Crippen LogP contribution in [0, 0.1) is 11.3 Å². The number of aromatic nitrogens is 2. The highest BCUT2D eigenvalue weighted by Gasteiger charge is 2.23. The molecule has 0 atom stereocenters. The van der Waals surface area contributed by atoms with Gasteiger partial charge in [0.2, 0.25) is 0 Å². The number of hydrogen-bond donors (Lipinski definition) is 2. The smallest absolute Gasteiger partial charge is 0.275 e. The number of nitriles is 1. The second-order valence-corrected chi connectivity index (χ2v) is 9.71. The van der Waals surface area contributed by atoms with Gasteiger partial charge in [-0.25, -0.2) is 4.98 Å². The summed E-state index contributed by atoms with van der Waals surface area (Å²) in [6, 6.07) is 17.2. The first-order valence-electron chi connectivity index (χ1n) is 12.1. The van der Waals surface area contributed by atoms with Gasteiger partial charge in [-0.1, -0.05) is 42.4 Å². The van der Waals surface area contributed by atoms with Gasteiger partial charge in [0.1, 0.15) is 16.8 Å². The Morgan fingerprint density at radius 3 is 2.70 bits per heavy atom. The summed E-state index contributed by atoms with van der Waals surface area (Å²) in [6.45, 7) is 0. The molecule has 4 aromatic rings. The van der Waals surface area contributed by atoms with Gasteiger partial charge in [0, 0.05) is 16.6 Å². The lowest BCUT2D eigenvalue weighted by atomic mass is 9.92.